The summed E-state index contributed by atoms with van der Waals surface area (Å²) in [6.07, 6.45) is 0. The second-order valence-corrected chi connectivity index (χ2v) is 8.51. The molecule has 0 bridgehead atoms. The molecule has 3 aromatic carbocycles. The van der Waals surface area contributed by atoms with E-state index in [1.165, 1.54) is 4.90 Å². The van der Waals surface area contributed by atoms with Crippen molar-refractivity contribution in [2.24, 2.45) is 0 Å². The zero-order chi connectivity index (χ0) is 23.5. The van der Waals surface area contributed by atoms with Crippen LogP contribution < -0.4 is 10.1 Å². The molecule has 1 aromatic heterocycles. The first kappa shape index (κ1) is 24.6. The number of hydrogen-bond donors (Lipinski definition) is 1. The SMILES string of the molecule is CC.COc1ccc(-c2ccc(NCc3cc(=S)cc(CSc4ccccc4)o3)cc2)cc1. The van der Waals surface area contributed by atoms with E-state index >= 15 is 0 Å². The van der Waals surface area contributed by atoms with Gasteiger partial charge >= 0.3 is 0 Å². The van der Waals surface area contributed by atoms with Gasteiger partial charge in [0.2, 0.25) is 0 Å². The first-order valence-electron chi connectivity index (χ1n) is 11.0. The quantitative estimate of drug-likeness (QED) is 0.204. The number of nitrogens with one attached hydrogen (secondary N) is 1. The predicted molar refractivity (Wildman–Crippen MR) is 143 cm³/mol. The number of methoxy groups -OCH3 is 1. The van der Waals surface area contributed by atoms with Gasteiger partial charge in [0.15, 0.2) is 0 Å². The molecule has 0 unspecified atom stereocenters. The second kappa shape index (κ2) is 12.9. The van der Waals surface area contributed by atoms with E-state index in [1.807, 2.05) is 56.3 Å². The Bertz CT molecular complexity index is 1170. The highest BCUT2D eigenvalue weighted by Gasteiger charge is 2.04. The molecule has 0 amide bonds. The molecule has 1 N–H and O–H groups in total. The smallest absolute Gasteiger partial charge is 0.124 e. The van der Waals surface area contributed by atoms with Gasteiger partial charge in [-0.15, -0.1) is 11.8 Å². The van der Waals surface area contributed by atoms with Gasteiger partial charge in [0, 0.05) is 15.1 Å². The Morgan fingerprint density at radius 1 is 0.818 bits per heavy atom. The van der Waals surface area contributed by atoms with Crippen LogP contribution >= 0.6 is 24.0 Å². The maximum Gasteiger partial charge on any atom is 0.124 e. The van der Waals surface area contributed by atoms with E-state index in [1.54, 1.807) is 18.9 Å². The molecule has 5 heteroatoms. The van der Waals surface area contributed by atoms with E-state index in [2.05, 4.69) is 53.8 Å². The van der Waals surface area contributed by atoms with E-state index in [4.69, 9.17) is 21.4 Å². The molecule has 0 saturated heterocycles. The van der Waals surface area contributed by atoms with Gasteiger partial charge in [-0.3, -0.25) is 0 Å². The van der Waals surface area contributed by atoms with Crippen LogP contribution in [0.25, 0.3) is 11.1 Å². The van der Waals surface area contributed by atoms with Crippen molar-refractivity contribution in [2.45, 2.75) is 31.0 Å². The summed E-state index contributed by atoms with van der Waals surface area (Å²) < 4.78 is 12.1. The predicted octanol–water partition coefficient (Wildman–Crippen LogP) is 8.62. The molecule has 0 saturated carbocycles. The van der Waals surface area contributed by atoms with E-state index in [0.717, 1.165) is 44.3 Å². The van der Waals surface area contributed by atoms with Crippen LogP contribution in [0.2, 0.25) is 0 Å². The molecular formula is C28H29NO2S2. The van der Waals surface area contributed by atoms with Crippen molar-refractivity contribution in [3.8, 4) is 16.9 Å². The maximum atomic E-state index is 6.05. The van der Waals surface area contributed by atoms with Gasteiger partial charge in [-0.1, -0.05) is 68.5 Å². The molecule has 0 radical (unpaired) electrons. The van der Waals surface area contributed by atoms with Gasteiger partial charge < -0.3 is 14.5 Å². The molecule has 4 aromatic rings. The summed E-state index contributed by atoms with van der Waals surface area (Å²) in [4.78, 5) is 1.21. The number of rotatable bonds is 8. The fraction of sp³-hybridized carbons (Fsp3) is 0.179. The normalized spacial score (nSPS) is 10.2. The van der Waals surface area contributed by atoms with Crippen molar-refractivity contribution in [3.63, 3.8) is 0 Å². The second-order valence-electron chi connectivity index (χ2n) is 6.99. The van der Waals surface area contributed by atoms with Crippen molar-refractivity contribution >= 4 is 29.7 Å². The fourth-order valence-electron chi connectivity index (χ4n) is 3.17. The van der Waals surface area contributed by atoms with Gasteiger partial charge in [-0.2, -0.15) is 0 Å². The average molecular weight is 476 g/mol. The van der Waals surface area contributed by atoms with Gasteiger partial charge in [0.05, 0.1) is 19.4 Å². The number of benzene rings is 3. The van der Waals surface area contributed by atoms with Crippen molar-refractivity contribution in [1.82, 2.24) is 0 Å². The van der Waals surface area contributed by atoms with E-state index in [-0.39, 0.29) is 0 Å². The zero-order valence-corrected chi connectivity index (χ0v) is 20.8. The van der Waals surface area contributed by atoms with Gasteiger partial charge in [-0.05, 0) is 59.7 Å². The number of anilines is 1. The molecular weight excluding hydrogens is 446 g/mol. The molecule has 0 fully saturated rings. The van der Waals surface area contributed by atoms with Crippen molar-refractivity contribution in [3.05, 3.63) is 107 Å². The van der Waals surface area contributed by atoms with E-state index < -0.39 is 0 Å². The van der Waals surface area contributed by atoms with Crippen LogP contribution in [0.1, 0.15) is 25.4 Å². The Hall–Kier alpha value is -3.02. The maximum absolute atomic E-state index is 6.05. The summed E-state index contributed by atoms with van der Waals surface area (Å²) in [5, 5.41) is 3.42. The first-order valence-corrected chi connectivity index (χ1v) is 12.4. The minimum atomic E-state index is 0.579. The standard InChI is InChI=1S/C26H23NO2S2.C2H6/c1-28-22-13-9-20(10-14-22)19-7-11-21(12-8-19)27-17-23-15-25(30)16-24(29-23)18-31-26-5-3-2-4-6-26;1-2/h2-16,27H,17-18H2,1H3;1-2H3. The van der Waals surface area contributed by atoms with Crippen LogP contribution in [0.4, 0.5) is 5.69 Å². The Kier molecular flexibility index (Phi) is 9.60. The highest BCUT2D eigenvalue weighted by Crippen LogP contribution is 2.25. The zero-order valence-electron chi connectivity index (χ0n) is 19.2. The van der Waals surface area contributed by atoms with Gasteiger partial charge in [0.25, 0.3) is 0 Å². The third-order valence-corrected chi connectivity index (χ3v) is 6.04. The topological polar surface area (TPSA) is 34.4 Å². The number of ether oxygens (including phenoxy) is 1. The van der Waals surface area contributed by atoms with Crippen LogP contribution in [0, 0.1) is 4.51 Å². The van der Waals surface area contributed by atoms with Crippen LogP contribution in [0.5, 0.6) is 5.75 Å². The molecule has 0 aliphatic carbocycles. The minimum Gasteiger partial charge on any atom is -0.497 e. The monoisotopic (exact) mass is 475 g/mol. The van der Waals surface area contributed by atoms with Crippen LogP contribution in [-0.2, 0) is 12.3 Å². The number of hydrogen-bond acceptors (Lipinski definition) is 5. The van der Waals surface area contributed by atoms with Crippen molar-refractivity contribution in [2.75, 3.05) is 12.4 Å². The van der Waals surface area contributed by atoms with E-state index in [0.29, 0.717) is 6.54 Å². The molecule has 0 aliphatic heterocycles. The summed E-state index contributed by atoms with van der Waals surface area (Å²) in [5.41, 5.74) is 3.34. The molecule has 0 aliphatic rings. The largest absolute Gasteiger partial charge is 0.497 e. The summed E-state index contributed by atoms with van der Waals surface area (Å²) in [7, 11) is 1.68. The minimum absolute atomic E-state index is 0.579. The summed E-state index contributed by atoms with van der Waals surface area (Å²) >= 11 is 7.17. The van der Waals surface area contributed by atoms with Crippen LogP contribution in [0.3, 0.4) is 0 Å². The molecule has 0 spiro atoms. The van der Waals surface area contributed by atoms with Gasteiger partial charge in [-0.25, -0.2) is 0 Å². The van der Waals surface area contributed by atoms with Gasteiger partial charge in [0.1, 0.15) is 17.3 Å². The number of thioether (sulfide) groups is 1. The summed E-state index contributed by atoms with van der Waals surface area (Å²) in [6.45, 7) is 4.58. The first-order chi connectivity index (χ1) is 16.2. The van der Waals surface area contributed by atoms with Crippen molar-refractivity contribution < 1.29 is 9.15 Å². The fourth-order valence-corrected chi connectivity index (χ4v) is 4.23. The molecule has 3 nitrogen and oxygen atoms in total. The Morgan fingerprint density at radius 3 is 2.06 bits per heavy atom. The summed E-state index contributed by atoms with van der Waals surface area (Å²) in [6, 6.07) is 30.5. The average Bonchev–Trinajstić information content (AvgIpc) is 2.88. The van der Waals surface area contributed by atoms with Crippen LogP contribution in [0.15, 0.2) is 100 Å². The molecule has 4 rings (SSSR count). The molecule has 1 heterocycles. The highest BCUT2D eigenvalue weighted by atomic mass is 32.2. The van der Waals surface area contributed by atoms with Crippen LogP contribution in [-0.4, -0.2) is 7.11 Å². The highest BCUT2D eigenvalue weighted by molar-refractivity contribution is 7.98. The lowest BCUT2D eigenvalue weighted by Gasteiger charge is -2.09. The summed E-state index contributed by atoms with van der Waals surface area (Å²) in [5.74, 6) is 3.32. The Morgan fingerprint density at radius 2 is 1.42 bits per heavy atom. The lowest BCUT2D eigenvalue weighted by Crippen LogP contribution is -2.00. The molecule has 0 atom stereocenters. The van der Waals surface area contributed by atoms with E-state index in [9.17, 15) is 0 Å². The third kappa shape index (κ3) is 7.52. The Labute approximate surface area is 205 Å². The lowest BCUT2D eigenvalue weighted by molar-refractivity contribution is 0.415. The molecule has 170 valence electrons. The van der Waals surface area contributed by atoms with Crippen molar-refractivity contribution in [1.29, 1.82) is 0 Å². The lowest BCUT2D eigenvalue weighted by atomic mass is 10.1. The third-order valence-electron chi connectivity index (χ3n) is 4.77. The molecule has 33 heavy (non-hydrogen) atoms. The Balaban J connectivity index is 0.00000149.